The molecule has 4 fully saturated rings. The summed E-state index contributed by atoms with van der Waals surface area (Å²) in [6.45, 7) is 0. The molecule has 0 spiro atoms. The fraction of sp³-hybridized carbons (Fsp3) is 0.625. The van der Waals surface area contributed by atoms with Crippen molar-refractivity contribution >= 4 is 11.7 Å². The summed E-state index contributed by atoms with van der Waals surface area (Å²) >= 11 is 0. The van der Waals surface area contributed by atoms with E-state index in [4.69, 9.17) is 5.73 Å². The van der Waals surface area contributed by atoms with Crippen LogP contribution in [0.1, 0.15) is 54.7 Å². The van der Waals surface area contributed by atoms with Crippen molar-refractivity contribution in [1.82, 2.24) is 4.98 Å². The van der Waals surface area contributed by atoms with E-state index in [0.717, 1.165) is 23.4 Å². The van der Waals surface area contributed by atoms with Crippen molar-refractivity contribution in [3.63, 3.8) is 0 Å². The summed E-state index contributed by atoms with van der Waals surface area (Å²) in [4.78, 5) is 15.7. The number of aromatic nitrogens is 1. The van der Waals surface area contributed by atoms with Crippen LogP contribution < -0.4 is 5.73 Å². The van der Waals surface area contributed by atoms with Crippen LogP contribution in [0.15, 0.2) is 12.1 Å². The molecule has 0 radical (unpaired) electrons. The van der Waals surface area contributed by atoms with Gasteiger partial charge in [0.25, 0.3) is 0 Å². The molecule has 4 heteroatoms. The maximum Gasteiger partial charge on any atom is 0.354 e. The Morgan fingerprint density at radius 1 is 1.15 bits per heavy atom. The summed E-state index contributed by atoms with van der Waals surface area (Å²) in [6.07, 6.45) is 7.63. The Balaban J connectivity index is 1.78. The van der Waals surface area contributed by atoms with Gasteiger partial charge in [0.15, 0.2) is 5.69 Å². The van der Waals surface area contributed by atoms with Crippen LogP contribution in [0.3, 0.4) is 0 Å². The average Bonchev–Trinajstić information content (AvgIpc) is 2.36. The van der Waals surface area contributed by atoms with Crippen LogP contribution in [0.25, 0.3) is 0 Å². The highest BCUT2D eigenvalue weighted by Crippen LogP contribution is 2.60. The molecular weight excluding hydrogens is 252 g/mol. The summed E-state index contributed by atoms with van der Waals surface area (Å²) < 4.78 is 0. The van der Waals surface area contributed by atoms with E-state index in [1.54, 1.807) is 0 Å². The van der Waals surface area contributed by atoms with E-state index in [1.807, 2.05) is 6.07 Å². The summed E-state index contributed by atoms with van der Waals surface area (Å²) in [5.41, 5.74) is 7.58. The largest absolute Gasteiger partial charge is 0.477 e. The number of anilines is 1. The second-order valence-electron chi connectivity index (χ2n) is 7.17. The molecular formula is C16H20N2O2. The molecule has 20 heavy (non-hydrogen) atoms. The first-order valence-electron chi connectivity index (χ1n) is 7.55. The number of pyridine rings is 1. The minimum Gasteiger partial charge on any atom is -0.477 e. The van der Waals surface area contributed by atoms with Crippen molar-refractivity contribution in [3.8, 4) is 0 Å². The maximum atomic E-state index is 11.2. The Bertz CT molecular complexity index is 547. The number of nitrogens with zero attached hydrogens (tertiary/aromatic N) is 1. The molecule has 0 aromatic carbocycles. The summed E-state index contributed by atoms with van der Waals surface area (Å²) in [7, 11) is 0. The Morgan fingerprint density at radius 3 is 2.20 bits per heavy atom. The Kier molecular flexibility index (Phi) is 2.41. The third-order valence-electron chi connectivity index (χ3n) is 5.65. The van der Waals surface area contributed by atoms with Crippen molar-refractivity contribution in [2.24, 2.45) is 17.8 Å². The van der Waals surface area contributed by atoms with E-state index in [2.05, 4.69) is 4.98 Å². The fourth-order valence-corrected chi connectivity index (χ4v) is 5.36. The van der Waals surface area contributed by atoms with E-state index in [-0.39, 0.29) is 11.1 Å². The highest BCUT2D eigenvalue weighted by molar-refractivity contribution is 5.86. The van der Waals surface area contributed by atoms with Crippen molar-refractivity contribution in [2.75, 3.05) is 5.73 Å². The molecule has 0 atom stereocenters. The van der Waals surface area contributed by atoms with Gasteiger partial charge in [-0.2, -0.15) is 0 Å². The number of nitrogen functional groups attached to an aromatic ring is 1. The lowest BCUT2D eigenvalue weighted by atomic mass is 9.49. The first-order chi connectivity index (χ1) is 9.54. The van der Waals surface area contributed by atoms with Gasteiger partial charge in [0.2, 0.25) is 0 Å². The van der Waals surface area contributed by atoms with Gasteiger partial charge in [-0.25, -0.2) is 9.78 Å². The molecule has 0 aliphatic heterocycles. The van der Waals surface area contributed by atoms with Crippen LogP contribution >= 0.6 is 0 Å². The van der Waals surface area contributed by atoms with Crippen molar-refractivity contribution in [2.45, 2.75) is 43.9 Å². The molecule has 4 saturated carbocycles. The molecule has 4 aliphatic rings. The zero-order chi connectivity index (χ0) is 13.9. The van der Waals surface area contributed by atoms with Crippen LogP contribution in [0.4, 0.5) is 5.69 Å². The van der Waals surface area contributed by atoms with Gasteiger partial charge < -0.3 is 10.8 Å². The first-order valence-corrected chi connectivity index (χ1v) is 7.55. The summed E-state index contributed by atoms with van der Waals surface area (Å²) in [5, 5.41) is 9.20. The van der Waals surface area contributed by atoms with Gasteiger partial charge in [-0.05, 0) is 68.4 Å². The Morgan fingerprint density at radius 2 is 1.70 bits per heavy atom. The SMILES string of the molecule is Nc1cc(C(=O)O)nc(C23CC4CC(CC(C4)C2)C3)c1. The summed E-state index contributed by atoms with van der Waals surface area (Å²) in [6, 6.07) is 3.38. The van der Waals surface area contributed by atoms with Crippen LogP contribution in [0.2, 0.25) is 0 Å². The molecule has 4 aliphatic carbocycles. The van der Waals surface area contributed by atoms with E-state index in [0.29, 0.717) is 5.69 Å². The predicted octanol–water partition coefficient (Wildman–Crippen LogP) is 2.83. The van der Waals surface area contributed by atoms with Crippen molar-refractivity contribution in [3.05, 3.63) is 23.5 Å². The number of aromatic carboxylic acids is 1. The first kappa shape index (κ1) is 12.2. The fourth-order valence-electron chi connectivity index (χ4n) is 5.36. The molecule has 106 valence electrons. The molecule has 4 bridgehead atoms. The van der Waals surface area contributed by atoms with E-state index < -0.39 is 5.97 Å². The third-order valence-corrected chi connectivity index (χ3v) is 5.65. The predicted molar refractivity (Wildman–Crippen MR) is 75.5 cm³/mol. The van der Waals surface area contributed by atoms with Gasteiger partial charge in [0, 0.05) is 16.8 Å². The number of carboxylic acid groups (broad SMARTS) is 1. The third kappa shape index (κ3) is 1.74. The van der Waals surface area contributed by atoms with Crippen molar-refractivity contribution < 1.29 is 9.90 Å². The molecule has 5 rings (SSSR count). The minimum absolute atomic E-state index is 0.0933. The molecule has 1 aromatic rings. The highest BCUT2D eigenvalue weighted by Gasteiger charge is 2.52. The van der Waals surface area contributed by atoms with Gasteiger partial charge in [0.05, 0.1) is 0 Å². The standard InChI is InChI=1S/C16H20N2O2/c17-12-4-13(15(19)20)18-14(5-12)16-6-9-1-10(7-16)3-11(2-9)8-16/h4-5,9-11H,1-3,6-8H2,(H2,17,18)(H,19,20). The number of hydrogen-bond acceptors (Lipinski definition) is 3. The van der Waals surface area contributed by atoms with Gasteiger partial charge in [-0.3, -0.25) is 0 Å². The maximum absolute atomic E-state index is 11.2. The van der Waals surface area contributed by atoms with E-state index >= 15 is 0 Å². The van der Waals surface area contributed by atoms with Gasteiger partial charge >= 0.3 is 5.97 Å². The monoisotopic (exact) mass is 272 g/mol. The zero-order valence-corrected chi connectivity index (χ0v) is 11.5. The molecule has 0 saturated heterocycles. The zero-order valence-electron chi connectivity index (χ0n) is 11.5. The van der Waals surface area contributed by atoms with Crippen molar-refractivity contribution in [1.29, 1.82) is 0 Å². The van der Waals surface area contributed by atoms with E-state index in [1.165, 1.54) is 44.6 Å². The van der Waals surface area contributed by atoms with Crippen LogP contribution in [-0.2, 0) is 5.41 Å². The molecule has 0 amide bonds. The summed E-state index contributed by atoms with van der Waals surface area (Å²) in [5.74, 6) is 1.47. The quantitative estimate of drug-likeness (QED) is 0.868. The average molecular weight is 272 g/mol. The second-order valence-corrected chi connectivity index (χ2v) is 7.17. The number of carbonyl (C=O) groups is 1. The lowest BCUT2D eigenvalue weighted by Crippen LogP contribution is -2.49. The highest BCUT2D eigenvalue weighted by atomic mass is 16.4. The lowest BCUT2D eigenvalue weighted by molar-refractivity contribution is -0.00725. The lowest BCUT2D eigenvalue weighted by Gasteiger charge is -2.56. The minimum atomic E-state index is -0.983. The van der Waals surface area contributed by atoms with Crippen LogP contribution in [0.5, 0.6) is 0 Å². The van der Waals surface area contributed by atoms with Gasteiger partial charge in [-0.1, -0.05) is 0 Å². The molecule has 1 heterocycles. The van der Waals surface area contributed by atoms with E-state index in [9.17, 15) is 9.90 Å². The normalized spacial score (nSPS) is 38.1. The number of rotatable bonds is 2. The topological polar surface area (TPSA) is 76.2 Å². The molecule has 0 unspecified atom stereocenters. The Hall–Kier alpha value is -1.58. The number of carboxylic acids is 1. The van der Waals surface area contributed by atoms with Crippen LogP contribution in [0, 0.1) is 17.8 Å². The second kappa shape index (κ2) is 3.96. The van der Waals surface area contributed by atoms with Gasteiger partial charge in [0.1, 0.15) is 0 Å². The number of hydrogen-bond donors (Lipinski definition) is 2. The van der Waals surface area contributed by atoms with Gasteiger partial charge in [-0.15, -0.1) is 0 Å². The Labute approximate surface area is 118 Å². The van der Waals surface area contributed by atoms with Crippen LogP contribution in [-0.4, -0.2) is 16.1 Å². The smallest absolute Gasteiger partial charge is 0.354 e. The molecule has 4 nitrogen and oxygen atoms in total. The molecule has 3 N–H and O–H groups in total. The molecule has 1 aromatic heterocycles. The number of nitrogens with two attached hydrogens (primary N) is 1.